The Hall–Kier alpha value is -5.05. The van der Waals surface area contributed by atoms with Crippen molar-refractivity contribution in [2.24, 2.45) is 5.41 Å². The number of amides is 2. The van der Waals surface area contributed by atoms with Gasteiger partial charge in [-0.05, 0) is 54.0 Å². The molecule has 2 aromatic heterocycles. The average molecular weight is 595 g/mol. The Kier molecular flexibility index (Phi) is 11.2. The Morgan fingerprint density at radius 2 is 1.59 bits per heavy atom. The number of nitrogens with one attached hydrogen (secondary N) is 2. The van der Waals surface area contributed by atoms with E-state index in [4.69, 9.17) is 9.72 Å². The fourth-order valence-electron chi connectivity index (χ4n) is 4.68. The van der Waals surface area contributed by atoms with E-state index in [0.717, 1.165) is 41.6 Å². The van der Waals surface area contributed by atoms with Crippen LogP contribution in [0.15, 0.2) is 97.3 Å². The van der Waals surface area contributed by atoms with E-state index in [9.17, 15) is 19.5 Å². The maximum absolute atomic E-state index is 12.9. The highest BCUT2D eigenvalue weighted by atomic mass is 16.5. The number of carbonyl (C=O) groups is 3. The number of carboxylic acids is 1. The Bertz CT molecular complexity index is 1470. The van der Waals surface area contributed by atoms with Crippen LogP contribution in [0.5, 0.6) is 5.88 Å². The number of aliphatic carboxylic acids is 1. The number of benzene rings is 2. The van der Waals surface area contributed by atoms with Gasteiger partial charge in [-0.2, -0.15) is 0 Å². The lowest BCUT2D eigenvalue weighted by Gasteiger charge is -2.26. The summed E-state index contributed by atoms with van der Waals surface area (Å²) in [7, 11) is 0. The van der Waals surface area contributed by atoms with Crippen LogP contribution >= 0.6 is 0 Å². The molecule has 0 unspecified atom stereocenters. The van der Waals surface area contributed by atoms with Crippen LogP contribution in [-0.2, 0) is 9.59 Å². The molecule has 2 heterocycles. The van der Waals surface area contributed by atoms with Crippen molar-refractivity contribution in [3.63, 3.8) is 0 Å². The van der Waals surface area contributed by atoms with Gasteiger partial charge in [0.15, 0.2) is 0 Å². The second-order valence-electron chi connectivity index (χ2n) is 11.4. The predicted octanol–water partition coefficient (Wildman–Crippen LogP) is 5.78. The van der Waals surface area contributed by atoms with E-state index in [0.29, 0.717) is 19.0 Å². The van der Waals surface area contributed by atoms with E-state index < -0.39 is 30.2 Å². The maximum atomic E-state index is 12.9. The topological polar surface area (TPSA) is 131 Å². The quantitative estimate of drug-likeness (QED) is 0.149. The Morgan fingerprint density at radius 1 is 0.886 bits per heavy atom. The molecule has 2 aromatic carbocycles. The molecule has 0 aliphatic carbocycles. The number of hydrogen-bond donors (Lipinski definition) is 3. The molecule has 0 radical (unpaired) electrons. The van der Waals surface area contributed by atoms with Crippen LogP contribution < -0.4 is 15.4 Å². The minimum atomic E-state index is -1.20. The summed E-state index contributed by atoms with van der Waals surface area (Å²) >= 11 is 0. The van der Waals surface area contributed by atoms with Gasteiger partial charge < -0.3 is 20.5 Å². The number of rotatable bonds is 15. The van der Waals surface area contributed by atoms with E-state index >= 15 is 0 Å². The van der Waals surface area contributed by atoms with Crippen molar-refractivity contribution in [2.75, 3.05) is 13.2 Å². The first-order valence-electron chi connectivity index (χ1n) is 14.7. The third-order valence-corrected chi connectivity index (χ3v) is 7.14. The van der Waals surface area contributed by atoms with Crippen molar-refractivity contribution < 1.29 is 24.2 Å². The molecule has 3 N–H and O–H groups in total. The van der Waals surface area contributed by atoms with Crippen LogP contribution in [0.3, 0.4) is 0 Å². The zero-order chi connectivity index (χ0) is 31.4. The van der Waals surface area contributed by atoms with Crippen molar-refractivity contribution in [1.82, 2.24) is 20.6 Å². The summed E-state index contributed by atoms with van der Waals surface area (Å²) in [4.78, 5) is 45.3. The molecule has 0 fully saturated rings. The summed E-state index contributed by atoms with van der Waals surface area (Å²) in [5.41, 5.74) is 3.96. The third kappa shape index (κ3) is 9.76. The Labute approximate surface area is 257 Å². The Balaban J connectivity index is 1.28. The highest BCUT2D eigenvalue weighted by Gasteiger charge is 2.26. The summed E-state index contributed by atoms with van der Waals surface area (Å²) in [6.45, 7) is 4.88. The molecule has 228 valence electrons. The van der Waals surface area contributed by atoms with Gasteiger partial charge in [0.05, 0.1) is 24.3 Å². The molecule has 1 atom stereocenters. The molecule has 4 rings (SSSR count). The fraction of sp³-hybridized carbons (Fsp3) is 0.286. The summed E-state index contributed by atoms with van der Waals surface area (Å²) in [6.07, 6.45) is 4.79. The monoisotopic (exact) mass is 594 g/mol. The molecule has 0 spiro atoms. The molecular formula is C35H38N4O5. The number of hydrogen-bond acceptors (Lipinski definition) is 6. The third-order valence-electron chi connectivity index (χ3n) is 7.14. The molecular weight excluding hydrogens is 556 g/mol. The molecule has 2 amide bonds. The van der Waals surface area contributed by atoms with Gasteiger partial charge >= 0.3 is 5.97 Å². The highest BCUT2D eigenvalue weighted by molar-refractivity contribution is 5.98. The average Bonchev–Trinajstić information content (AvgIpc) is 3.04. The van der Waals surface area contributed by atoms with Crippen molar-refractivity contribution in [2.45, 2.75) is 45.6 Å². The summed E-state index contributed by atoms with van der Waals surface area (Å²) in [6, 6.07) is 26.1. The van der Waals surface area contributed by atoms with Gasteiger partial charge in [-0.1, -0.05) is 74.5 Å². The smallest absolute Gasteiger partial charge is 0.305 e. The lowest BCUT2D eigenvalue weighted by Crippen LogP contribution is -2.49. The van der Waals surface area contributed by atoms with E-state index in [1.54, 1.807) is 12.1 Å². The minimum absolute atomic E-state index is 0.247. The zero-order valence-corrected chi connectivity index (χ0v) is 25.0. The van der Waals surface area contributed by atoms with Gasteiger partial charge in [0, 0.05) is 30.6 Å². The van der Waals surface area contributed by atoms with Crippen LogP contribution in [0.4, 0.5) is 0 Å². The molecule has 0 aliphatic rings. The van der Waals surface area contributed by atoms with Crippen LogP contribution in [0.25, 0.3) is 22.4 Å². The summed E-state index contributed by atoms with van der Waals surface area (Å²) in [5, 5.41) is 14.6. The molecule has 0 bridgehead atoms. The van der Waals surface area contributed by atoms with Crippen molar-refractivity contribution in [3.05, 3.63) is 103 Å². The molecule has 9 heteroatoms. The number of carbonyl (C=O) groups excluding carboxylic acids is 2. The summed E-state index contributed by atoms with van der Waals surface area (Å²) in [5.74, 6) is -1.72. The molecule has 0 aliphatic heterocycles. The van der Waals surface area contributed by atoms with Gasteiger partial charge in [-0.25, -0.2) is 4.98 Å². The van der Waals surface area contributed by atoms with Crippen LogP contribution in [0.2, 0.25) is 0 Å². The molecule has 0 saturated carbocycles. The Morgan fingerprint density at radius 3 is 2.25 bits per heavy atom. The van der Waals surface area contributed by atoms with Crippen molar-refractivity contribution in [3.8, 4) is 28.3 Å². The SMILES string of the molecule is CC(C)(CCCCOc1cc(-c2ccccc2)cc(-c2ccccc2)n1)CNC(=O)[C@H](CC(=O)O)NC(=O)c1cccnc1. The first-order valence-corrected chi connectivity index (χ1v) is 14.7. The van der Waals surface area contributed by atoms with Gasteiger partial charge in [-0.15, -0.1) is 0 Å². The number of pyridine rings is 2. The highest BCUT2D eigenvalue weighted by Crippen LogP contribution is 2.29. The van der Waals surface area contributed by atoms with Crippen molar-refractivity contribution >= 4 is 17.8 Å². The summed E-state index contributed by atoms with van der Waals surface area (Å²) < 4.78 is 6.10. The molecule has 44 heavy (non-hydrogen) atoms. The fourth-order valence-corrected chi connectivity index (χ4v) is 4.68. The number of unbranched alkanes of at least 4 members (excludes halogenated alkanes) is 1. The number of ether oxygens (including phenoxy) is 1. The molecule has 0 saturated heterocycles. The molecule has 4 aromatic rings. The van der Waals surface area contributed by atoms with Crippen LogP contribution in [0.1, 0.15) is 49.9 Å². The number of nitrogens with zero attached hydrogens (tertiary/aromatic N) is 2. The predicted molar refractivity (Wildman–Crippen MR) is 169 cm³/mol. The second-order valence-corrected chi connectivity index (χ2v) is 11.4. The second kappa shape index (κ2) is 15.4. The van der Waals surface area contributed by atoms with E-state index in [2.05, 4.69) is 33.8 Å². The van der Waals surface area contributed by atoms with E-state index in [-0.39, 0.29) is 11.0 Å². The van der Waals surface area contributed by atoms with Gasteiger partial charge in [0.1, 0.15) is 6.04 Å². The lowest BCUT2D eigenvalue weighted by atomic mass is 9.87. The number of carboxylic acid groups (broad SMARTS) is 1. The maximum Gasteiger partial charge on any atom is 0.305 e. The van der Waals surface area contributed by atoms with E-state index in [1.165, 1.54) is 12.4 Å². The van der Waals surface area contributed by atoms with Gasteiger partial charge in [-0.3, -0.25) is 19.4 Å². The van der Waals surface area contributed by atoms with Crippen LogP contribution in [-0.4, -0.2) is 52.1 Å². The van der Waals surface area contributed by atoms with E-state index in [1.807, 2.05) is 68.4 Å². The molecule has 9 nitrogen and oxygen atoms in total. The lowest BCUT2D eigenvalue weighted by molar-refractivity contribution is -0.139. The standard InChI is InChI=1S/C35H38N4O5/c1-35(2,24-37-34(43)30(22-32(40)41)39-33(42)27-16-11-18-36-23-27)17-9-10-19-44-31-21-28(25-12-5-3-6-13-25)20-29(38-31)26-14-7-4-8-15-26/h3-8,11-16,18,20-21,23,30H,9-10,17,19,22,24H2,1-2H3,(H,37,43)(H,39,42)(H,40,41)/t30-/m0/s1. The van der Waals surface area contributed by atoms with Gasteiger partial charge in [0.2, 0.25) is 11.8 Å². The first kappa shape index (κ1) is 31.9. The van der Waals surface area contributed by atoms with Crippen molar-refractivity contribution in [1.29, 1.82) is 0 Å². The first-order chi connectivity index (χ1) is 21.2. The zero-order valence-electron chi connectivity index (χ0n) is 25.0. The number of aromatic nitrogens is 2. The minimum Gasteiger partial charge on any atom is -0.481 e. The van der Waals surface area contributed by atoms with Crippen LogP contribution in [0, 0.1) is 5.41 Å². The van der Waals surface area contributed by atoms with Gasteiger partial charge in [0.25, 0.3) is 5.91 Å². The normalized spacial score (nSPS) is 11.8. The largest absolute Gasteiger partial charge is 0.481 e.